The standard InChI is InChI=1S/C15H14ClN3O4/c1-22-14-7-10(6-13(16)15(14)23-2)9-17-18-11-4-3-5-12(8-11)19(20)21/h3-9,18H,1-2H3/b17-9+. The number of nitro groups is 1. The maximum Gasteiger partial charge on any atom is 0.271 e. The van der Waals surface area contributed by atoms with Crippen molar-refractivity contribution in [2.75, 3.05) is 19.6 Å². The van der Waals surface area contributed by atoms with Gasteiger partial charge in [-0.3, -0.25) is 15.5 Å². The summed E-state index contributed by atoms with van der Waals surface area (Å²) in [6.07, 6.45) is 1.52. The van der Waals surface area contributed by atoms with Crippen LogP contribution in [0.3, 0.4) is 0 Å². The summed E-state index contributed by atoms with van der Waals surface area (Å²) in [5, 5.41) is 15.1. The monoisotopic (exact) mass is 335 g/mol. The Bertz CT molecular complexity index is 749. The van der Waals surface area contributed by atoms with Crippen molar-refractivity contribution in [3.63, 3.8) is 0 Å². The van der Waals surface area contributed by atoms with E-state index in [2.05, 4.69) is 10.5 Å². The zero-order valence-electron chi connectivity index (χ0n) is 12.4. The van der Waals surface area contributed by atoms with Gasteiger partial charge in [0.05, 0.1) is 36.1 Å². The number of nitro benzene ring substituents is 1. The molecule has 0 atom stereocenters. The lowest BCUT2D eigenvalue weighted by Crippen LogP contribution is -1.95. The minimum atomic E-state index is -0.469. The van der Waals surface area contributed by atoms with Gasteiger partial charge in [0.15, 0.2) is 11.5 Å². The van der Waals surface area contributed by atoms with Crippen LogP contribution < -0.4 is 14.9 Å². The molecule has 0 amide bonds. The van der Waals surface area contributed by atoms with Crippen LogP contribution in [0.5, 0.6) is 11.5 Å². The number of rotatable bonds is 6. The largest absolute Gasteiger partial charge is 0.493 e. The van der Waals surface area contributed by atoms with Crippen LogP contribution in [-0.2, 0) is 0 Å². The van der Waals surface area contributed by atoms with E-state index in [1.165, 1.54) is 32.6 Å². The van der Waals surface area contributed by atoms with E-state index in [-0.39, 0.29) is 5.69 Å². The van der Waals surface area contributed by atoms with E-state index in [4.69, 9.17) is 21.1 Å². The first-order valence-corrected chi connectivity index (χ1v) is 6.88. The number of nitrogens with zero attached hydrogens (tertiary/aromatic N) is 2. The fourth-order valence-electron chi connectivity index (χ4n) is 1.88. The highest BCUT2D eigenvalue weighted by Gasteiger charge is 2.10. The maximum absolute atomic E-state index is 10.7. The van der Waals surface area contributed by atoms with Gasteiger partial charge in [0, 0.05) is 12.1 Å². The molecule has 2 aromatic carbocycles. The molecule has 23 heavy (non-hydrogen) atoms. The summed E-state index contributed by atoms with van der Waals surface area (Å²) in [6, 6.07) is 9.42. The first-order chi connectivity index (χ1) is 11.0. The van der Waals surface area contributed by atoms with Gasteiger partial charge in [-0.1, -0.05) is 17.7 Å². The number of methoxy groups -OCH3 is 2. The summed E-state index contributed by atoms with van der Waals surface area (Å²) in [7, 11) is 3.01. The van der Waals surface area contributed by atoms with Crippen LogP contribution >= 0.6 is 11.6 Å². The van der Waals surface area contributed by atoms with Gasteiger partial charge in [-0.05, 0) is 23.8 Å². The summed E-state index contributed by atoms with van der Waals surface area (Å²) in [6.45, 7) is 0. The minimum absolute atomic E-state index is 0.0145. The smallest absolute Gasteiger partial charge is 0.271 e. The minimum Gasteiger partial charge on any atom is -0.493 e. The van der Waals surface area contributed by atoms with E-state index < -0.39 is 4.92 Å². The van der Waals surface area contributed by atoms with Crippen molar-refractivity contribution in [1.29, 1.82) is 0 Å². The number of ether oxygens (including phenoxy) is 2. The Kier molecular flexibility index (Phi) is 5.37. The Labute approximate surface area is 137 Å². The Balaban J connectivity index is 2.16. The van der Waals surface area contributed by atoms with E-state index in [9.17, 15) is 10.1 Å². The normalized spacial score (nSPS) is 10.6. The lowest BCUT2D eigenvalue weighted by atomic mass is 10.2. The zero-order valence-corrected chi connectivity index (χ0v) is 13.2. The summed E-state index contributed by atoms with van der Waals surface area (Å²) in [4.78, 5) is 10.2. The van der Waals surface area contributed by atoms with Crippen molar-refractivity contribution < 1.29 is 14.4 Å². The summed E-state index contributed by atoms with van der Waals surface area (Å²) in [5.41, 5.74) is 3.90. The molecule has 0 saturated heterocycles. The molecule has 120 valence electrons. The number of halogens is 1. The number of hydrogen-bond acceptors (Lipinski definition) is 6. The van der Waals surface area contributed by atoms with Crippen molar-refractivity contribution in [2.45, 2.75) is 0 Å². The van der Waals surface area contributed by atoms with Crippen LogP contribution in [0.2, 0.25) is 5.02 Å². The molecule has 0 heterocycles. The molecule has 0 radical (unpaired) electrons. The molecule has 7 nitrogen and oxygen atoms in total. The molecule has 0 saturated carbocycles. The van der Waals surface area contributed by atoms with Crippen LogP contribution in [0, 0.1) is 10.1 Å². The number of hydrogen-bond donors (Lipinski definition) is 1. The average molecular weight is 336 g/mol. The number of non-ortho nitro benzene ring substituents is 1. The molecular weight excluding hydrogens is 322 g/mol. The van der Waals surface area contributed by atoms with Crippen LogP contribution in [0.1, 0.15) is 5.56 Å². The molecule has 8 heteroatoms. The summed E-state index contributed by atoms with van der Waals surface area (Å²) < 4.78 is 10.3. The summed E-state index contributed by atoms with van der Waals surface area (Å²) in [5.74, 6) is 0.926. The third-order valence-corrected chi connectivity index (χ3v) is 3.20. The molecule has 0 aliphatic carbocycles. The second-order valence-electron chi connectivity index (χ2n) is 4.42. The first kappa shape index (κ1) is 16.6. The quantitative estimate of drug-likeness (QED) is 0.494. The lowest BCUT2D eigenvalue weighted by Gasteiger charge is -2.09. The molecule has 2 aromatic rings. The molecule has 2 rings (SSSR count). The molecule has 0 aliphatic rings. The Morgan fingerprint density at radius 2 is 2.04 bits per heavy atom. The Morgan fingerprint density at radius 1 is 1.26 bits per heavy atom. The first-order valence-electron chi connectivity index (χ1n) is 6.50. The highest BCUT2D eigenvalue weighted by molar-refractivity contribution is 6.32. The van der Waals surface area contributed by atoms with E-state index in [1.807, 2.05) is 0 Å². The van der Waals surface area contributed by atoms with Crippen molar-refractivity contribution in [3.8, 4) is 11.5 Å². The van der Waals surface area contributed by atoms with Crippen molar-refractivity contribution in [2.24, 2.45) is 5.10 Å². The Hall–Kier alpha value is -2.80. The van der Waals surface area contributed by atoms with Crippen LogP contribution in [0.4, 0.5) is 11.4 Å². The number of hydrazone groups is 1. The topological polar surface area (TPSA) is 86.0 Å². The van der Waals surface area contributed by atoms with E-state index >= 15 is 0 Å². The van der Waals surface area contributed by atoms with Gasteiger partial charge in [-0.25, -0.2) is 0 Å². The predicted octanol–water partition coefficient (Wildman–Crippen LogP) is 3.71. The summed E-state index contributed by atoms with van der Waals surface area (Å²) >= 11 is 6.10. The molecule has 1 N–H and O–H groups in total. The van der Waals surface area contributed by atoms with Gasteiger partial charge in [0.2, 0.25) is 0 Å². The van der Waals surface area contributed by atoms with Crippen LogP contribution in [-0.4, -0.2) is 25.4 Å². The van der Waals surface area contributed by atoms with Gasteiger partial charge in [0.1, 0.15) is 0 Å². The van der Waals surface area contributed by atoms with Gasteiger partial charge in [-0.2, -0.15) is 5.10 Å². The Morgan fingerprint density at radius 3 is 2.70 bits per heavy atom. The molecule has 0 bridgehead atoms. The van der Waals surface area contributed by atoms with Crippen LogP contribution in [0.25, 0.3) is 0 Å². The number of anilines is 1. The van der Waals surface area contributed by atoms with Crippen LogP contribution in [0.15, 0.2) is 41.5 Å². The molecular formula is C15H14ClN3O4. The second kappa shape index (κ2) is 7.46. The average Bonchev–Trinajstić information content (AvgIpc) is 2.54. The van der Waals surface area contributed by atoms with Crippen molar-refractivity contribution in [1.82, 2.24) is 0 Å². The maximum atomic E-state index is 10.7. The number of nitrogens with one attached hydrogen (secondary N) is 1. The highest BCUT2D eigenvalue weighted by atomic mass is 35.5. The third-order valence-electron chi connectivity index (χ3n) is 2.92. The van der Waals surface area contributed by atoms with Crippen molar-refractivity contribution >= 4 is 29.2 Å². The fraction of sp³-hybridized carbons (Fsp3) is 0.133. The van der Waals surface area contributed by atoms with Gasteiger partial charge in [0.25, 0.3) is 5.69 Å². The van der Waals surface area contributed by atoms with Gasteiger partial charge in [-0.15, -0.1) is 0 Å². The SMILES string of the molecule is COc1cc(/C=N/Nc2cccc([N+](=O)[O-])c2)cc(Cl)c1OC. The van der Waals surface area contributed by atoms with E-state index in [0.29, 0.717) is 27.8 Å². The number of benzene rings is 2. The molecule has 0 unspecified atom stereocenters. The zero-order chi connectivity index (χ0) is 16.8. The molecule has 0 aliphatic heterocycles. The second-order valence-corrected chi connectivity index (χ2v) is 4.82. The molecule has 0 fully saturated rings. The predicted molar refractivity (Wildman–Crippen MR) is 88.9 cm³/mol. The van der Waals surface area contributed by atoms with Gasteiger partial charge >= 0.3 is 0 Å². The van der Waals surface area contributed by atoms with Gasteiger partial charge < -0.3 is 9.47 Å². The van der Waals surface area contributed by atoms with E-state index in [1.54, 1.807) is 24.3 Å². The van der Waals surface area contributed by atoms with Crippen molar-refractivity contribution in [3.05, 3.63) is 57.1 Å². The van der Waals surface area contributed by atoms with E-state index in [0.717, 1.165) is 0 Å². The lowest BCUT2D eigenvalue weighted by molar-refractivity contribution is -0.384. The molecule has 0 aromatic heterocycles. The highest BCUT2D eigenvalue weighted by Crippen LogP contribution is 2.35. The fourth-order valence-corrected chi connectivity index (χ4v) is 2.18. The third kappa shape index (κ3) is 4.10. The molecule has 0 spiro atoms.